The highest BCUT2D eigenvalue weighted by Gasteiger charge is 2.12. The van der Waals surface area contributed by atoms with Crippen molar-refractivity contribution >= 4 is 23.7 Å². The lowest BCUT2D eigenvalue weighted by atomic mass is 10.2. The molecule has 6 nitrogen and oxygen atoms in total. The second-order valence-corrected chi connectivity index (χ2v) is 4.83. The molecule has 0 fully saturated rings. The fourth-order valence-corrected chi connectivity index (χ4v) is 1.94. The molecule has 2 N–H and O–H groups in total. The minimum absolute atomic E-state index is 0.126. The molecule has 0 unspecified atom stereocenters. The van der Waals surface area contributed by atoms with Crippen molar-refractivity contribution in [1.82, 2.24) is 5.43 Å². The molecule has 1 heterocycles. The number of carbonyl (C=O) groups excluding carboxylic acids is 2. The fraction of sp³-hybridized carbons (Fsp3) is 0.188. The van der Waals surface area contributed by atoms with Gasteiger partial charge in [-0.25, -0.2) is 5.43 Å². The summed E-state index contributed by atoms with van der Waals surface area (Å²) in [4.78, 5) is 22.8. The highest BCUT2D eigenvalue weighted by Crippen LogP contribution is 2.13. The maximum absolute atomic E-state index is 11.9. The molecule has 2 rings (SSSR count). The number of hydrogen-bond acceptors (Lipinski definition) is 4. The smallest absolute Gasteiger partial charge is 0.274 e. The van der Waals surface area contributed by atoms with E-state index in [0.29, 0.717) is 22.8 Å². The molecule has 2 amide bonds. The van der Waals surface area contributed by atoms with Crippen molar-refractivity contribution in [3.8, 4) is 0 Å². The first kappa shape index (κ1) is 15.5. The molecule has 2 aromatic rings. The number of hydrazone groups is 1. The lowest BCUT2D eigenvalue weighted by Gasteiger charge is -2.01. The summed E-state index contributed by atoms with van der Waals surface area (Å²) in [6, 6.07) is 8.76. The molecule has 0 saturated heterocycles. The van der Waals surface area contributed by atoms with Crippen LogP contribution in [0, 0.1) is 13.8 Å². The van der Waals surface area contributed by atoms with Gasteiger partial charge in [0.2, 0.25) is 5.91 Å². The Labute approximate surface area is 128 Å². The van der Waals surface area contributed by atoms with E-state index in [1.54, 1.807) is 44.2 Å². The van der Waals surface area contributed by atoms with Crippen molar-refractivity contribution in [2.75, 3.05) is 5.32 Å². The van der Waals surface area contributed by atoms with E-state index in [2.05, 4.69) is 15.8 Å². The van der Waals surface area contributed by atoms with Gasteiger partial charge in [-0.3, -0.25) is 9.59 Å². The van der Waals surface area contributed by atoms with Crippen LogP contribution in [-0.4, -0.2) is 18.0 Å². The van der Waals surface area contributed by atoms with Crippen molar-refractivity contribution in [3.63, 3.8) is 0 Å². The third-order valence-corrected chi connectivity index (χ3v) is 2.90. The van der Waals surface area contributed by atoms with Gasteiger partial charge in [-0.15, -0.1) is 0 Å². The van der Waals surface area contributed by atoms with Gasteiger partial charge < -0.3 is 9.73 Å². The van der Waals surface area contributed by atoms with Crippen molar-refractivity contribution < 1.29 is 14.0 Å². The summed E-state index contributed by atoms with van der Waals surface area (Å²) in [7, 11) is 0. The molecule has 0 saturated carbocycles. The molecule has 0 atom stereocenters. The van der Waals surface area contributed by atoms with Crippen LogP contribution in [0.4, 0.5) is 5.69 Å². The Balaban J connectivity index is 1.96. The van der Waals surface area contributed by atoms with E-state index < -0.39 is 0 Å². The maximum Gasteiger partial charge on any atom is 0.274 e. The van der Waals surface area contributed by atoms with E-state index in [9.17, 15) is 9.59 Å². The molecule has 0 aliphatic rings. The summed E-state index contributed by atoms with van der Waals surface area (Å²) < 4.78 is 5.30. The number of hydrogen-bond donors (Lipinski definition) is 2. The highest BCUT2D eigenvalue weighted by atomic mass is 16.3. The van der Waals surface area contributed by atoms with Gasteiger partial charge in [-0.1, -0.05) is 12.1 Å². The Morgan fingerprint density at radius 2 is 1.86 bits per heavy atom. The SMILES string of the molecule is CC(=O)Nc1ccc(/C=N\NC(=O)c2cc(C)oc2C)cc1. The maximum atomic E-state index is 11.9. The second kappa shape index (κ2) is 6.71. The normalized spacial score (nSPS) is 10.7. The third-order valence-electron chi connectivity index (χ3n) is 2.90. The molecule has 0 aliphatic carbocycles. The van der Waals surface area contributed by atoms with Crippen LogP contribution >= 0.6 is 0 Å². The third kappa shape index (κ3) is 4.05. The van der Waals surface area contributed by atoms with Crippen LogP contribution in [0.15, 0.2) is 39.9 Å². The summed E-state index contributed by atoms with van der Waals surface area (Å²) >= 11 is 0. The van der Waals surface area contributed by atoms with E-state index in [-0.39, 0.29) is 11.8 Å². The zero-order valence-electron chi connectivity index (χ0n) is 12.6. The summed E-state index contributed by atoms with van der Waals surface area (Å²) in [5.41, 5.74) is 4.42. The number of furan rings is 1. The fourth-order valence-electron chi connectivity index (χ4n) is 1.94. The van der Waals surface area contributed by atoms with E-state index in [1.165, 1.54) is 13.1 Å². The number of benzene rings is 1. The number of aryl methyl sites for hydroxylation is 2. The molecular formula is C16H17N3O3. The monoisotopic (exact) mass is 299 g/mol. The molecular weight excluding hydrogens is 282 g/mol. The van der Waals surface area contributed by atoms with E-state index >= 15 is 0 Å². The van der Waals surface area contributed by atoms with Gasteiger partial charge in [0.25, 0.3) is 5.91 Å². The van der Waals surface area contributed by atoms with Crippen LogP contribution in [0.1, 0.15) is 34.4 Å². The lowest BCUT2D eigenvalue weighted by Crippen LogP contribution is -2.17. The van der Waals surface area contributed by atoms with Crippen LogP contribution in [0.3, 0.4) is 0 Å². The molecule has 6 heteroatoms. The molecule has 114 valence electrons. The Bertz CT molecular complexity index is 715. The van der Waals surface area contributed by atoms with Gasteiger partial charge in [0.05, 0.1) is 11.8 Å². The second-order valence-electron chi connectivity index (χ2n) is 4.83. The summed E-state index contributed by atoms with van der Waals surface area (Å²) in [5.74, 6) is 0.796. The van der Waals surface area contributed by atoms with Crippen LogP contribution in [0.5, 0.6) is 0 Å². The van der Waals surface area contributed by atoms with E-state index in [1.807, 2.05) is 0 Å². The number of nitrogens with zero attached hydrogens (tertiary/aromatic N) is 1. The molecule has 1 aromatic carbocycles. The predicted molar refractivity (Wildman–Crippen MR) is 84.0 cm³/mol. The first-order chi connectivity index (χ1) is 10.5. The van der Waals surface area contributed by atoms with Crippen molar-refractivity contribution in [1.29, 1.82) is 0 Å². The van der Waals surface area contributed by atoms with Gasteiger partial charge in [-0.2, -0.15) is 5.10 Å². The Morgan fingerprint density at radius 1 is 1.18 bits per heavy atom. The van der Waals surface area contributed by atoms with Crippen LogP contribution < -0.4 is 10.7 Å². The molecule has 0 bridgehead atoms. The summed E-state index contributed by atoms with van der Waals surface area (Å²) in [5, 5.41) is 6.58. The van der Waals surface area contributed by atoms with Crippen LogP contribution in [-0.2, 0) is 4.79 Å². The number of amides is 2. The first-order valence-electron chi connectivity index (χ1n) is 6.74. The molecule has 0 radical (unpaired) electrons. The Morgan fingerprint density at radius 3 is 2.41 bits per heavy atom. The number of anilines is 1. The average Bonchev–Trinajstić information content (AvgIpc) is 2.79. The topological polar surface area (TPSA) is 83.7 Å². The van der Waals surface area contributed by atoms with Crippen molar-refractivity contribution in [3.05, 3.63) is 53.0 Å². The minimum atomic E-state index is -0.319. The number of carbonyl (C=O) groups is 2. The zero-order valence-corrected chi connectivity index (χ0v) is 12.6. The Kier molecular flexibility index (Phi) is 4.73. The lowest BCUT2D eigenvalue weighted by molar-refractivity contribution is -0.114. The van der Waals surface area contributed by atoms with Crippen LogP contribution in [0.2, 0.25) is 0 Å². The van der Waals surface area contributed by atoms with Crippen LogP contribution in [0.25, 0.3) is 0 Å². The van der Waals surface area contributed by atoms with Gasteiger partial charge in [0.1, 0.15) is 11.5 Å². The van der Waals surface area contributed by atoms with E-state index in [4.69, 9.17) is 4.42 Å². The highest BCUT2D eigenvalue weighted by molar-refractivity contribution is 5.96. The molecule has 1 aromatic heterocycles. The molecule has 22 heavy (non-hydrogen) atoms. The predicted octanol–water partition coefficient (Wildman–Crippen LogP) is 2.62. The molecule has 0 aliphatic heterocycles. The standard InChI is InChI=1S/C16H17N3O3/c1-10-8-15(11(2)22-10)16(21)19-17-9-13-4-6-14(7-5-13)18-12(3)20/h4-9H,1-3H3,(H,18,20)(H,19,21)/b17-9-. The Hall–Kier alpha value is -2.89. The first-order valence-corrected chi connectivity index (χ1v) is 6.74. The zero-order chi connectivity index (χ0) is 16.1. The number of rotatable bonds is 4. The largest absolute Gasteiger partial charge is 0.466 e. The van der Waals surface area contributed by atoms with Gasteiger partial charge in [-0.05, 0) is 37.6 Å². The average molecular weight is 299 g/mol. The van der Waals surface area contributed by atoms with Gasteiger partial charge >= 0.3 is 0 Å². The van der Waals surface area contributed by atoms with E-state index in [0.717, 1.165) is 5.56 Å². The van der Waals surface area contributed by atoms with Gasteiger partial charge in [0.15, 0.2) is 0 Å². The quantitative estimate of drug-likeness (QED) is 0.672. The summed E-state index contributed by atoms with van der Waals surface area (Å²) in [6.45, 7) is 4.96. The van der Waals surface area contributed by atoms with Crippen molar-refractivity contribution in [2.24, 2.45) is 5.10 Å². The van der Waals surface area contributed by atoms with Crippen molar-refractivity contribution in [2.45, 2.75) is 20.8 Å². The molecule has 0 spiro atoms. The number of nitrogens with one attached hydrogen (secondary N) is 2. The minimum Gasteiger partial charge on any atom is -0.466 e. The summed E-state index contributed by atoms with van der Waals surface area (Å²) in [6.07, 6.45) is 1.53. The van der Waals surface area contributed by atoms with Gasteiger partial charge in [0, 0.05) is 12.6 Å².